The maximum absolute atomic E-state index is 9.98. The van der Waals surface area contributed by atoms with Gasteiger partial charge in [-0.1, -0.05) is 28.1 Å². The summed E-state index contributed by atoms with van der Waals surface area (Å²) in [7, 11) is 0. The fourth-order valence-corrected chi connectivity index (χ4v) is 2.95. The Bertz CT molecular complexity index is 691. The first-order valence-corrected chi connectivity index (χ1v) is 7.95. The average molecular weight is 385 g/mol. The van der Waals surface area contributed by atoms with Gasteiger partial charge in [-0.05, 0) is 35.0 Å². The number of ether oxygens (including phenoxy) is 2. The molecular weight excluding hydrogens is 368 g/mol. The molecule has 0 radical (unpaired) electrons. The average Bonchev–Trinajstić information content (AvgIpc) is 2.55. The summed E-state index contributed by atoms with van der Waals surface area (Å²) in [5.74, 6) is 0.448. The molecule has 1 aliphatic heterocycles. The molecule has 124 valence electrons. The van der Waals surface area contributed by atoms with Crippen LogP contribution >= 0.6 is 15.9 Å². The SMILES string of the molecule is OC[C@H]1O[C@@H](Oc2ccc3cc(Br)ccc3c2)[C@@H](O)[C@@H](O)[C@@H]1O. The fourth-order valence-electron chi connectivity index (χ4n) is 2.57. The summed E-state index contributed by atoms with van der Waals surface area (Å²) in [5.41, 5.74) is 0. The summed E-state index contributed by atoms with van der Waals surface area (Å²) in [6.45, 7) is -0.490. The Morgan fingerprint density at radius 3 is 2.39 bits per heavy atom. The van der Waals surface area contributed by atoms with E-state index in [9.17, 15) is 20.4 Å². The summed E-state index contributed by atoms with van der Waals surface area (Å²) in [6, 6.07) is 11.1. The second kappa shape index (κ2) is 6.72. The highest BCUT2D eigenvalue weighted by molar-refractivity contribution is 9.10. The Morgan fingerprint density at radius 2 is 1.65 bits per heavy atom. The van der Waals surface area contributed by atoms with Crippen LogP contribution in [-0.2, 0) is 4.74 Å². The van der Waals surface area contributed by atoms with Crippen molar-refractivity contribution in [3.63, 3.8) is 0 Å². The molecule has 3 rings (SSSR count). The molecule has 0 spiro atoms. The van der Waals surface area contributed by atoms with Crippen molar-refractivity contribution >= 4 is 26.7 Å². The molecule has 0 aliphatic carbocycles. The Morgan fingerprint density at radius 1 is 0.957 bits per heavy atom. The first kappa shape index (κ1) is 16.6. The molecule has 7 heteroatoms. The number of fused-ring (bicyclic) bond motifs is 1. The normalized spacial score (nSPS) is 31.3. The number of aliphatic hydroxyl groups excluding tert-OH is 4. The zero-order valence-electron chi connectivity index (χ0n) is 12.0. The number of aliphatic hydroxyl groups is 4. The quantitative estimate of drug-likeness (QED) is 0.624. The third-order valence-corrected chi connectivity index (χ3v) is 4.37. The lowest BCUT2D eigenvalue weighted by atomic mass is 9.99. The van der Waals surface area contributed by atoms with Crippen LogP contribution in [0.25, 0.3) is 10.8 Å². The number of benzene rings is 2. The Labute approximate surface area is 141 Å². The zero-order chi connectivity index (χ0) is 16.6. The van der Waals surface area contributed by atoms with Crippen molar-refractivity contribution in [3.05, 3.63) is 40.9 Å². The van der Waals surface area contributed by atoms with Crippen LogP contribution in [0.5, 0.6) is 5.75 Å². The Balaban J connectivity index is 1.81. The van der Waals surface area contributed by atoms with E-state index in [1.54, 1.807) is 12.1 Å². The molecule has 2 aromatic rings. The highest BCUT2D eigenvalue weighted by Gasteiger charge is 2.44. The van der Waals surface area contributed by atoms with E-state index in [0.717, 1.165) is 15.2 Å². The summed E-state index contributed by atoms with van der Waals surface area (Å²) < 4.78 is 11.9. The molecular formula is C16H17BrO6. The summed E-state index contributed by atoms with van der Waals surface area (Å²) in [5, 5.41) is 40.6. The van der Waals surface area contributed by atoms with Crippen molar-refractivity contribution in [1.29, 1.82) is 0 Å². The molecule has 1 fully saturated rings. The highest BCUT2D eigenvalue weighted by Crippen LogP contribution is 2.28. The molecule has 0 unspecified atom stereocenters. The Hall–Kier alpha value is -1.22. The summed E-state index contributed by atoms with van der Waals surface area (Å²) in [6.07, 6.45) is -6.45. The molecule has 1 saturated heterocycles. The first-order valence-electron chi connectivity index (χ1n) is 7.16. The molecule has 6 nitrogen and oxygen atoms in total. The van der Waals surface area contributed by atoms with Crippen LogP contribution in [0.1, 0.15) is 0 Å². The van der Waals surface area contributed by atoms with Crippen LogP contribution in [0, 0.1) is 0 Å². The topological polar surface area (TPSA) is 99.4 Å². The second-order valence-electron chi connectivity index (χ2n) is 5.47. The predicted molar refractivity (Wildman–Crippen MR) is 86.0 cm³/mol. The summed E-state index contributed by atoms with van der Waals surface area (Å²) in [4.78, 5) is 0. The molecule has 5 atom stereocenters. The highest BCUT2D eigenvalue weighted by atomic mass is 79.9. The van der Waals surface area contributed by atoms with Crippen molar-refractivity contribution in [2.24, 2.45) is 0 Å². The molecule has 0 aromatic heterocycles. The van der Waals surface area contributed by atoms with Gasteiger partial charge in [-0.2, -0.15) is 0 Å². The third kappa shape index (κ3) is 3.35. The number of hydrogen-bond acceptors (Lipinski definition) is 6. The molecule has 0 bridgehead atoms. The second-order valence-corrected chi connectivity index (χ2v) is 6.38. The van der Waals surface area contributed by atoms with Crippen LogP contribution in [0.15, 0.2) is 40.9 Å². The van der Waals surface area contributed by atoms with Gasteiger partial charge in [-0.25, -0.2) is 0 Å². The van der Waals surface area contributed by atoms with Crippen molar-refractivity contribution in [1.82, 2.24) is 0 Å². The Kier molecular flexibility index (Phi) is 4.86. The van der Waals surface area contributed by atoms with Crippen LogP contribution in [0.2, 0.25) is 0 Å². The molecule has 23 heavy (non-hydrogen) atoms. The molecule has 1 aliphatic rings. The van der Waals surface area contributed by atoms with E-state index in [-0.39, 0.29) is 0 Å². The number of rotatable bonds is 3. The maximum Gasteiger partial charge on any atom is 0.229 e. The molecule has 2 aromatic carbocycles. The van der Waals surface area contributed by atoms with Crippen molar-refractivity contribution in [2.75, 3.05) is 6.61 Å². The minimum Gasteiger partial charge on any atom is -0.462 e. The van der Waals surface area contributed by atoms with Crippen LogP contribution < -0.4 is 4.74 Å². The van der Waals surface area contributed by atoms with Gasteiger partial charge in [-0.3, -0.25) is 0 Å². The summed E-state index contributed by atoms with van der Waals surface area (Å²) >= 11 is 3.41. The molecule has 4 N–H and O–H groups in total. The van der Waals surface area contributed by atoms with Crippen molar-refractivity contribution in [3.8, 4) is 5.75 Å². The van der Waals surface area contributed by atoms with Gasteiger partial charge in [0.05, 0.1) is 6.61 Å². The molecule has 1 heterocycles. The molecule has 0 saturated carbocycles. The van der Waals surface area contributed by atoms with Crippen LogP contribution in [-0.4, -0.2) is 57.7 Å². The minimum absolute atomic E-state index is 0.448. The van der Waals surface area contributed by atoms with E-state index >= 15 is 0 Å². The van der Waals surface area contributed by atoms with Gasteiger partial charge >= 0.3 is 0 Å². The molecule has 0 amide bonds. The van der Waals surface area contributed by atoms with Gasteiger partial charge in [0.25, 0.3) is 0 Å². The van der Waals surface area contributed by atoms with Crippen LogP contribution in [0.4, 0.5) is 0 Å². The minimum atomic E-state index is -1.46. The van der Waals surface area contributed by atoms with E-state index in [0.29, 0.717) is 5.75 Å². The maximum atomic E-state index is 9.98. The predicted octanol–water partition coefficient (Wildman–Crippen LogP) is 0.781. The van der Waals surface area contributed by atoms with Gasteiger partial charge < -0.3 is 29.9 Å². The smallest absolute Gasteiger partial charge is 0.229 e. The zero-order valence-corrected chi connectivity index (χ0v) is 13.6. The fraction of sp³-hybridized carbons (Fsp3) is 0.375. The largest absolute Gasteiger partial charge is 0.462 e. The van der Waals surface area contributed by atoms with Gasteiger partial charge in [-0.15, -0.1) is 0 Å². The monoisotopic (exact) mass is 384 g/mol. The van der Waals surface area contributed by atoms with Gasteiger partial charge in [0.1, 0.15) is 30.2 Å². The van der Waals surface area contributed by atoms with E-state index in [1.165, 1.54) is 0 Å². The van der Waals surface area contributed by atoms with Gasteiger partial charge in [0, 0.05) is 4.47 Å². The standard InChI is InChI=1S/C16H17BrO6/c17-10-3-1-9-6-11(4-2-8(9)5-10)22-16-15(21)14(20)13(19)12(7-18)23-16/h1-6,12-16,18-21H,7H2/t12-,13-,14+,15+,16-/m1/s1. The van der Waals surface area contributed by atoms with Crippen LogP contribution in [0.3, 0.4) is 0 Å². The van der Waals surface area contributed by atoms with Crippen molar-refractivity contribution < 1.29 is 29.9 Å². The van der Waals surface area contributed by atoms with E-state index in [4.69, 9.17) is 9.47 Å². The third-order valence-electron chi connectivity index (χ3n) is 3.87. The van der Waals surface area contributed by atoms with E-state index in [2.05, 4.69) is 15.9 Å². The van der Waals surface area contributed by atoms with E-state index < -0.39 is 37.3 Å². The van der Waals surface area contributed by atoms with Gasteiger partial charge in [0.15, 0.2) is 0 Å². The lowest BCUT2D eigenvalue weighted by molar-refractivity contribution is -0.277. The van der Waals surface area contributed by atoms with E-state index in [1.807, 2.05) is 24.3 Å². The first-order chi connectivity index (χ1) is 11.0. The lowest BCUT2D eigenvalue weighted by Gasteiger charge is -2.39. The lowest BCUT2D eigenvalue weighted by Crippen LogP contribution is -2.60. The van der Waals surface area contributed by atoms with Crippen molar-refractivity contribution in [2.45, 2.75) is 30.7 Å². The van der Waals surface area contributed by atoms with Gasteiger partial charge in [0.2, 0.25) is 6.29 Å². The number of hydrogen-bond donors (Lipinski definition) is 4. The number of halogens is 1.